The van der Waals surface area contributed by atoms with Gasteiger partial charge in [0.2, 0.25) is 5.91 Å². The summed E-state index contributed by atoms with van der Waals surface area (Å²) < 4.78 is 4.90. The van der Waals surface area contributed by atoms with E-state index in [0.717, 1.165) is 5.57 Å². The molecular formula is C10H17NO4. The SMILES string of the molecule is COC(CNC(=O)C=C(C)C)CC(=O)O. The molecule has 0 aliphatic rings. The Morgan fingerprint density at radius 1 is 1.47 bits per heavy atom. The average Bonchev–Trinajstić information content (AvgIpc) is 2.10. The third-order valence-corrected chi connectivity index (χ3v) is 1.66. The first-order chi connectivity index (χ1) is 6.95. The number of carbonyl (C=O) groups excluding carboxylic acids is 1. The summed E-state index contributed by atoms with van der Waals surface area (Å²) in [6, 6.07) is 0. The predicted molar refractivity (Wildman–Crippen MR) is 55.5 cm³/mol. The normalized spacial score (nSPS) is 11.7. The maximum atomic E-state index is 11.2. The van der Waals surface area contributed by atoms with E-state index in [4.69, 9.17) is 9.84 Å². The van der Waals surface area contributed by atoms with Crippen LogP contribution in [0.5, 0.6) is 0 Å². The predicted octanol–water partition coefficient (Wildman–Crippen LogP) is 0.558. The highest BCUT2D eigenvalue weighted by molar-refractivity contribution is 5.88. The molecule has 0 radical (unpaired) electrons. The van der Waals surface area contributed by atoms with E-state index >= 15 is 0 Å². The van der Waals surface area contributed by atoms with E-state index < -0.39 is 12.1 Å². The van der Waals surface area contributed by atoms with Gasteiger partial charge in [0, 0.05) is 19.7 Å². The van der Waals surface area contributed by atoms with Gasteiger partial charge >= 0.3 is 5.97 Å². The Labute approximate surface area is 89.1 Å². The molecule has 0 saturated carbocycles. The minimum Gasteiger partial charge on any atom is -0.481 e. The molecule has 0 aromatic heterocycles. The van der Waals surface area contributed by atoms with Crippen molar-refractivity contribution >= 4 is 11.9 Å². The standard InChI is InChI=1S/C10H17NO4/c1-7(2)4-9(12)11-6-8(15-3)5-10(13)14/h4,8H,5-6H2,1-3H3,(H,11,12)(H,13,14). The lowest BCUT2D eigenvalue weighted by atomic mass is 10.2. The van der Waals surface area contributed by atoms with Crippen molar-refractivity contribution in [1.82, 2.24) is 5.32 Å². The van der Waals surface area contributed by atoms with E-state index in [1.165, 1.54) is 13.2 Å². The first-order valence-electron chi connectivity index (χ1n) is 4.63. The molecule has 0 fully saturated rings. The van der Waals surface area contributed by atoms with Crippen molar-refractivity contribution in [2.75, 3.05) is 13.7 Å². The van der Waals surface area contributed by atoms with Crippen LogP contribution in [-0.2, 0) is 14.3 Å². The molecule has 1 atom stereocenters. The molecule has 1 amide bonds. The zero-order chi connectivity index (χ0) is 11.8. The fraction of sp³-hybridized carbons (Fsp3) is 0.600. The second-order valence-electron chi connectivity index (χ2n) is 3.42. The number of amides is 1. The number of carbonyl (C=O) groups is 2. The van der Waals surface area contributed by atoms with Crippen LogP contribution in [0.15, 0.2) is 11.6 Å². The van der Waals surface area contributed by atoms with Crippen LogP contribution in [0.4, 0.5) is 0 Å². The zero-order valence-electron chi connectivity index (χ0n) is 9.24. The number of rotatable bonds is 6. The topological polar surface area (TPSA) is 75.6 Å². The van der Waals surface area contributed by atoms with Crippen molar-refractivity contribution in [3.63, 3.8) is 0 Å². The zero-order valence-corrected chi connectivity index (χ0v) is 9.24. The Hall–Kier alpha value is -1.36. The second kappa shape index (κ2) is 7.00. The second-order valence-corrected chi connectivity index (χ2v) is 3.42. The van der Waals surface area contributed by atoms with Gasteiger partial charge in [-0.25, -0.2) is 0 Å². The maximum Gasteiger partial charge on any atom is 0.306 e. The summed E-state index contributed by atoms with van der Waals surface area (Å²) in [5, 5.41) is 11.1. The molecule has 1 unspecified atom stereocenters. The molecule has 5 nitrogen and oxygen atoms in total. The Morgan fingerprint density at radius 2 is 2.07 bits per heavy atom. The third-order valence-electron chi connectivity index (χ3n) is 1.66. The summed E-state index contributed by atoms with van der Waals surface area (Å²) >= 11 is 0. The first kappa shape index (κ1) is 13.6. The van der Waals surface area contributed by atoms with Crippen molar-refractivity contribution in [2.45, 2.75) is 26.4 Å². The van der Waals surface area contributed by atoms with Crippen LogP contribution in [0.3, 0.4) is 0 Å². The molecule has 15 heavy (non-hydrogen) atoms. The van der Waals surface area contributed by atoms with Crippen LogP contribution < -0.4 is 5.32 Å². The van der Waals surface area contributed by atoms with Gasteiger partial charge < -0.3 is 15.2 Å². The molecule has 0 aliphatic carbocycles. The highest BCUT2D eigenvalue weighted by Gasteiger charge is 2.12. The minimum absolute atomic E-state index is 0.119. The molecule has 0 spiro atoms. The van der Waals surface area contributed by atoms with Crippen LogP contribution in [-0.4, -0.2) is 36.7 Å². The number of nitrogens with one attached hydrogen (secondary N) is 1. The van der Waals surface area contributed by atoms with Crippen LogP contribution in [0.2, 0.25) is 0 Å². The van der Waals surface area contributed by atoms with Gasteiger partial charge in [-0.2, -0.15) is 0 Å². The van der Waals surface area contributed by atoms with Gasteiger partial charge in [-0.1, -0.05) is 5.57 Å². The van der Waals surface area contributed by atoms with Crippen LogP contribution >= 0.6 is 0 Å². The van der Waals surface area contributed by atoms with Crippen molar-refractivity contribution in [2.24, 2.45) is 0 Å². The average molecular weight is 215 g/mol. The molecule has 0 aromatic rings. The maximum absolute atomic E-state index is 11.2. The van der Waals surface area contributed by atoms with Crippen molar-refractivity contribution in [1.29, 1.82) is 0 Å². The van der Waals surface area contributed by atoms with E-state index in [2.05, 4.69) is 5.32 Å². The van der Waals surface area contributed by atoms with E-state index in [1.54, 1.807) is 0 Å². The molecule has 0 bridgehead atoms. The van der Waals surface area contributed by atoms with Crippen molar-refractivity contribution in [3.8, 4) is 0 Å². The molecule has 0 heterocycles. The molecule has 0 saturated heterocycles. The van der Waals surface area contributed by atoms with Gasteiger partial charge in [-0.05, 0) is 13.8 Å². The largest absolute Gasteiger partial charge is 0.481 e. The van der Waals surface area contributed by atoms with Gasteiger partial charge in [-0.3, -0.25) is 9.59 Å². The highest BCUT2D eigenvalue weighted by atomic mass is 16.5. The summed E-state index contributed by atoms with van der Waals surface area (Å²) in [6.07, 6.45) is 0.844. The number of methoxy groups -OCH3 is 1. The molecule has 86 valence electrons. The minimum atomic E-state index is -0.946. The Kier molecular flexibility index (Phi) is 6.37. The van der Waals surface area contributed by atoms with Gasteiger partial charge in [0.25, 0.3) is 0 Å². The molecule has 0 aromatic carbocycles. The monoisotopic (exact) mass is 215 g/mol. The lowest BCUT2D eigenvalue weighted by molar-refractivity contribution is -0.140. The van der Waals surface area contributed by atoms with Gasteiger partial charge in [-0.15, -0.1) is 0 Å². The number of hydrogen-bond acceptors (Lipinski definition) is 3. The molecular weight excluding hydrogens is 198 g/mol. The summed E-state index contributed by atoms with van der Waals surface area (Å²) in [6.45, 7) is 3.82. The Balaban J connectivity index is 3.95. The number of carboxylic acids is 1. The van der Waals surface area contributed by atoms with Gasteiger partial charge in [0.05, 0.1) is 12.5 Å². The first-order valence-corrected chi connectivity index (χ1v) is 4.63. The van der Waals surface area contributed by atoms with E-state index in [1.807, 2.05) is 13.8 Å². The summed E-state index contributed by atoms with van der Waals surface area (Å²) in [7, 11) is 1.42. The van der Waals surface area contributed by atoms with Crippen LogP contribution in [0.25, 0.3) is 0 Å². The summed E-state index contributed by atoms with van der Waals surface area (Å²) in [4.78, 5) is 21.6. The Bertz CT molecular complexity index is 256. The number of ether oxygens (including phenoxy) is 1. The lowest BCUT2D eigenvalue weighted by Crippen LogP contribution is -2.33. The van der Waals surface area contributed by atoms with E-state index in [-0.39, 0.29) is 18.9 Å². The lowest BCUT2D eigenvalue weighted by Gasteiger charge is -2.12. The van der Waals surface area contributed by atoms with E-state index in [9.17, 15) is 9.59 Å². The van der Waals surface area contributed by atoms with Gasteiger partial charge in [0.15, 0.2) is 0 Å². The highest BCUT2D eigenvalue weighted by Crippen LogP contribution is 1.96. The number of allylic oxidation sites excluding steroid dienone is 1. The molecule has 2 N–H and O–H groups in total. The third kappa shape index (κ3) is 7.69. The van der Waals surface area contributed by atoms with E-state index in [0.29, 0.717) is 0 Å². The Morgan fingerprint density at radius 3 is 2.47 bits per heavy atom. The molecule has 5 heteroatoms. The molecule has 0 rings (SSSR count). The summed E-state index contributed by atoms with van der Waals surface area (Å²) in [5.41, 5.74) is 0.889. The van der Waals surface area contributed by atoms with Crippen LogP contribution in [0.1, 0.15) is 20.3 Å². The fourth-order valence-corrected chi connectivity index (χ4v) is 0.961. The molecule has 0 aliphatic heterocycles. The van der Waals surface area contributed by atoms with Crippen molar-refractivity contribution < 1.29 is 19.4 Å². The van der Waals surface area contributed by atoms with Crippen LogP contribution in [0, 0.1) is 0 Å². The number of aliphatic carboxylic acids is 1. The number of carboxylic acid groups (broad SMARTS) is 1. The smallest absolute Gasteiger partial charge is 0.306 e. The fourth-order valence-electron chi connectivity index (χ4n) is 0.961. The van der Waals surface area contributed by atoms with Crippen molar-refractivity contribution in [3.05, 3.63) is 11.6 Å². The number of hydrogen-bond donors (Lipinski definition) is 2. The quantitative estimate of drug-likeness (QED) is 0.635. The summed E-state index contributed by atoms with van der Waals surface area (Å²) in [5.74, 6) is -1.18. The van der Waals surface area contributed by atoms with Gasteiger partial charge in [0.1, 0.15) is 0 Å².